The largest absolute Gasteiger partial charge is 0.394 e. The molecule has 0 heterocycles. The zero-order chi connectivity index (χ0) is 9.94. The van der Waals surface area contributed by atoms with Crippen LogP contribution in [0.25, 0.3) is 0 Å². The molecule has 0 aliphatic heterocycles. The molecule has 1 unspecified atom stereocenters. The number of aliphatic hydroxyl groups excluding tert-OH is 2. The third-order valence-electron chi connectivity index (χ3n) is 1.65. The summed E-state index contributed by atoms with van der Waals surface area (Å²) in [6.07, 6.45) is 7.46. The molecule has 0 aromatic heterocycles. The van der Waals surface area contributed by atoms with Crippen LogP contribution < -0.4 is 0 Å². The van der Waals surface area contributed by atoms with Gasteiger partial charge < -0.3 is 14.9 Å². The second kappa shape index (κ2) is 9.53. The first-order chi connectivity index (χ1) is 6.31. The summed E-state index contributed by atoms with van der Waals surface area (Å²) in [5.41, 5.74) is 0. The van der Waals surface area contributed by atoms with Crippen LogP contribution in [0.15, 0.2) is 0 Å². The van der Waals surface area contributed by atoms with Gasteiger partial charge in [0, 0.05) is 19.6 Å². The fourth-order valence-electron chi connectivity index (χ4n) is 0.891. The summed E-state index contributed by atoms with van der Waals surface area (Å²) < 4.78 is 5.24. The van der Waals surface area contributed by atoms with E-state index in [2.05, 4.69) is 5.92 Å². The van der Waals surface area contributed by atoms with Crippen molar-refractivity contribution in [2.24, 2.45) is 0 Å². The molecular weight excluding hydrogens is 168 g/mol. The minimum absolute atomic E-state index is 0.170. The lowest BCUT2D eigenvalue weighted by Crippen LogP contribution is -2.12. The Bertz CT molecular complexity index is 140. The molecular formula is C10H18O3. The summed E-state index contributed by atoms with van der Waals surface area (Å²) in [6, 6.07) is 0. The maximum Gasteiger partial charge on any atom is 0.0771 e. The standard InChI is InChI=1S/C10H18O3/c1-2-3-4-7-13-8-5-6-10(12)9-11/h1,10-12H,3-9H2. The lowest BCUT2D eigenvalue weighted by molar-refractivity contribution is 0.0699. The molecule has 2 N–H and O–H groups in total. The number of aliphatic hydroxyl groups is 2. The summed E-state index contributed by atoms with van der Waals surface area (Å²) in [7, 11) is 0. The van der Waals surface area contributed by atoms with Crippen molar-refractivity contribution < 1.29 is 14.9 Å². The van der Waals surface area contributed by atoms with Gasteiger partial charge in [0.15, 0.2) is 0 Å². The van der Waals surface area contributed by atoms with Crippen molar-refractivity contribution in [3.8, 4) is 12.3 Å². The minimum atomic E-state index is -0.602. The zero-order valence-electron chi connectivity index (χ0n) is 7.91. The van der Waals surface area contributed by atoms with Gasteiger partial charge in [0.25, 0.3) is 0 Å². The molecule has 1 atom stereocenters. The molecule has 0 saturated carbocycles. The van der Waals surface area contributed by atoms with Crippen LogP contribution in [0, 0.1) is 12.3 Å². The molecule has 0 aromatic carbocycles. The van der Waals surface area contributed by atoms with Crippen LogP contribution in [0.5, 0.6) is 0 Å². The van der Waals surface area contributed by atoms with Gasteiger partial charge in [-0.25, -0.2) is 0 Å². The summed E-state index contributed by atoms with van der Waals surface area (Å²) in [5, 5.41) is 17.5. The molecule has 3 heteroatoms. The zero-order valence-corrected chi connectivity index (χ0v) is 7.91. The fraction of sp³-hybridized carbons (Fsp3) is 0.800. The van der Waals surface area contributed by atoms with E-state index in [-0.39, 0.29) is 6.61 Å². The van der Waals surface area contributed by atoms with E-state index in [0.29, 0.717) is 19.6 Å². The number of unbranched alkanes of at least 4 members (excludes halogenated alkanes) is 1. The molecule has 0 saturated heterocycles. The van der Waals surface area contributed by atoms with Crippen LogP contribution in [0.4, 0.5) is 0 Å². The second-order valence-electron chi connectivity index (χ2n) is 2.90. The molecule has 3 nitrogen and oxygen atoms in total. The number of ether oxygens (including phenoxy) is 1. The molecule has 0 spiro atoms. The molecule has 0 fully saturated rings. The van der Waals surface area contributed by atoms with Crippen LogP contribution in [0.1, 0.15) is 25.7 Å². The third-order valence-corrected chi connectivity index (χ3v) is 1.65. The van der Waals surface area contributed by atoms with E-state index in [9.17, 15) is 0 Å². The van der Waals surface area contributed by atoms with Crippen LogP contribution in [-0.2, 0) is 4.74 Å². The van der Waals surface area contributed by atoms with Crippen LogP contribution in [0.3, 0.4) is 0 Å². The molecule has 76 valence electrons. The van der Waals surface area contributed by atoms with Crippen molar-refractivity contribution in [1.82, 2.24) is 0 Å². The van der Waals surface area contributed by atoms with E-state index in [0.717, 1.165) is 19.3 Å². The Morgan fingerprint density at radius 3 is 2.62 bits per heavy atom. The molecule has 0 bridgehead atoms. The van der Waals surface area contributed by atoms with Crippen molar-refractivity contribution in [2.75, 3.05) is 19.8 Å². The lowest BCUT2D eigenvalue weighted by Gasteiger charge is -2.06. The molecule has 13 heavy (non-hydrogen) atoms. The highest BCUT2D eigenvalue weighted by molar-refractivity contribution is 4.82. The Labute approximate surface area is 79.7 Å². The van der Waals surface area contributed by atoms with Crippen molar-refractivity contribution in [1.29, 1.82) is 0 Å². The number of hydrogen-bond acceptors (Lipinski definition) is 3. The Hall–Kier alpha value is -0.560. The first kappa shape index (κ1) is 12.4. The molecule has 0 aliphatic rings. The fourth-order valence-corrected chi connectivity index (χ4v) is 0.891. The molecule has 0 amide bonds. The Morgan fingerprint density at radius 1 is 1.31 bits per heavy atom. The van der Waals surface area contributed by atoms with E-state index < -0.39 is 6.10 Å². The second-order valence-corrected chi connectivity index (χ2v) is 2.90. The van der Waals surface area contributed by atoms with Crippen LogP contribution >= 0.6 is 0 Å². The predicted octanol–water partition coefficient (Wildman–Crippen LogP) is 0.550. The van der Waals surface area contributed by atoms with Gasteiger partial charge in [-0.2, -0.15) is 0 Å². The smallest absolute Gasteiger partial charge is 0.0771 e. The minimum Gasteiger partial charge on any atom is -0.394 e. The van der Waals surface area contributed by atoms with E-state index in [1.54, 1.807) is 0 Å². The predicted molar refractivity (Wildman–Crippen MR) is 51.2 cm³/mol. The van der Waals surface area contributed by atoms with E-state index in [1.807, 2.05) is 0 Å². The highest BCUT2D eigenvalue weighted by Gasteiger charge is 2.00. The van der Waals surface area contributed by atoms with E-state index in [1.165, 1.54) is 0 Å². The van der Waals surface area contributed by atoms with E-state index >= 15 is 0 Å². The average Bonchev–Trinajstić information content (AvgIpc) is 2.16. The number of rotatable bonds is 8. The number of terminal acetylenes is 1. The van der Waals surface area contributed by atoms with Gasteiger partial charge in [0.1, 0.15) is 0 Å². The topological polar surface area (TPSA) is 49.7 Å². The summed E-state index contributed by atoms with van der Waals surface area (Å²) in [5.74, 6) is 2.53. The summed E-state index contributed by atoms with van der Waals surface area (Å²) >= 11 is 0. The van der Waals surface area contributed by atoms with Gasteiger partial charge >= 0.3 is 0 Å². The molecule has 0 rings (SSSR count). The average molecular weight is 186 g/mol. The monoisotopic (exact) mass is 186 g/mol. The van der Waals surface area contributed by atoms with Gasteiger partial charge in [-0.15, -0.1) is 12.3 Å². The van der Waals surface area contributed by atoms with Gasteiger partial charge in [0.2, 0.25) is 0 Å². The van der Waals surface area contributed by atoms with Crippen LogP contribution in [0.2, 0.25) is 0 Å². The highest BCUT2D eigenvalue weighted by atomic mass is 16.5. The van der Waals surface area contributed by atoms with Crippen molar-refractivity contribution >= 4 is 0 Å². The first-order valence-corrected chi connectivity index (χ1v) is 4.61. The van der Waals surface area contributed by atoms with Gasteiger partial charge in [0.05, 0.1) is 12.7 Å². The van der Waals surface area contributed by atoms with Gasteiger partial charge in [-0.05, 0) is 19.3 Å². The Morgan fingerprint density at radius 2 is 2.00 bits per heavy atom. The lowest BCUT2D eigenvalue weighted by atomic mass is 10.2. The van der Waals surface area contributed by atoms with Gasteiger partial charge in [-0.3, -0.25) is 0 Å². The van der Waals surface area contributed by atoms with Crippen molar-refractivity contribution in [3.63, 3.8) is 0 Å². The van der Waals surface area contributed by atoms with Gasteiger partial charge in [-0.1, -0.05) is 0 Å². The quantitative estimate of drug-likeness (QED) is 0.430. The third kappa shape index (κ3) is 9.35. The summed E-state index contributed by atoms with van der Waals surface area (Å²) in [6.45, 7) is 1.14. The van der Waals surface area contributed by atoms with Crippen molar-refractivity contribution in [3.05, 3.63) is 0 Å². The Kier molecular flexibility index (Phi) is 9.12. The molecule has 0 radical (unpaired) electrons. The maximum atomic E-state index is 8.97. The maximum absolute atomic E-state index is 8.97. The van der Waals surface area contributed by atoms with E-state index in [4.69, 9.17) is 21.4 Å². The van der Waals surface area contributed by atoms with Crippen LogP contribution in [-0.4, -0.2) is 36.1 Å². The van der Waals surface area contributed by atoms with Crippen molar-refractivity contribution in [2.45, 2.75) is 31.8 Å². The normalized spacial score (nSPS) is 12.4. The molecule has 0 aromatic rings. The SMILES string of the molecule is C#CCCCOCCCC(O)CO. The molecule has 0 aliphatic carbocycles. The highest BCUT2D eigenvalue weighted by Crippen LogP contribution is 1.97. The first-order valence-electron chi connectivity index (χ1n) is 4.61. The number of hydrogen-bond donors (Lipinski definition) is 2. The summed E-state index contributed by atoms with van der Waals surface area (Å²) in [4.78, 5) is 0. The Balaban J connectivity index is 2.96.